The number of aliphatic carboxylic acids is 1. The van der Waals surface area contributed by atoms with Gasteiger partial charge in [-0.05, 0) is 31.9 Å². The van der Waals surface area contributed by atoms with Crippen molar-refractivity contribution in [3.8, 4) is 0 Å². The molecule has 0 saturated heterocycles. The number of benzene rings is 1. The number of aryl methyl sites for hydroxylation is 2. The lowest BCUT2D eigenvalue weighted by molar-refractivity contribution is -0.137. The number of rotatable bonds is 3. The molecule has 1 rings (SSSR count). The van der Waals surface area contributed by atoms with Crippen molar-refractivity contribution in [2.45, 2.75) is 26.8 Å². The maximum absolute atomic E-state index is 10.7. The minimum Gasteiger partial charge on any atom is -0.480 e. The van der Waals surface area contributed by atoms with Gasteiger partial charge in [0.25, 0.3) is 0 Å². The molecular weight excluding hydrogens is 214 g/mol. The van der Waals surface area contributed by atoms with Gasteiger partial charge in [0.05, 0.1) is 0 Å². The first kappa shape index (κ1) is 13.8. The molecule has 0 fully saturated rings. The van der Waals surface area contributed by atoms with Gasteiger partial charge in [0.15, 0.2) is 0 Å². The summed E-state index contributed by atoms with van der Waals surface area (Å²) in [7, 11) is 0. The van der Waals surface area contributed by atoms with E-state index >= 15 is 0 Å². The summed E-state index contributed by atoms with van der Waals surface area (Å²) in [5.74, 6) is -0.840. The summed E-state index contributed by atoms with van der Waals surface area (Å²) in [5.41, 5.74) is 3.05. The molecule has 0 aliphatic carbocycles. The van der Waals surface area contributed by atoms with Gasteiger partial charge in [-0.25, -0.2) is 0 Å². The molecule has 4 heteroatoms. The molecule has 0 aliphatic rings. The topological polar surface area (TPSA) is 49.3 Å². The maximum Gasteiger partial charge on any atom is 0.325 e. The van der Waals surface area contributed by atoms with Crippen molar-refractivity contribution in [1.29, 1.82) is 0 Å². The highest BCUT2D eigenvalue weighted by molar-refractivity contribution is 5.85. The Bertz CT molecular complexity index is 332. The number of hydrogen-bond donors (Lipinski definition) is 2. The van der Waals surface area contributed by atoms with E-state index in [1.54, 1.807) is 6.92 Å². The number of carbonyl (C=O) groups is 1. The molecule has 0 aromatic heterocycles. The third-order valence-electron chi connectivity index (χ3n) is 2.21. The fourth-order valence-electron chi connectivity index (χ4n) is 1.32. The first-order chi connectivity index (χ1) is 6.52. The third-order valence-corrected chi connectivity index (χ3v) is 2.21. The highest BCUT2D eigenvalue weighted by atomic mass is 35.5. The molecule has 0 aliphatic heterocycles. The second-order valence-electron chi connectivity index (χ2n) is 3.47. The summed E-state index contributed by atoms with van der Waals surface area (Å²) in [6.45, 7) is 5.56. The Morgan fingerprint density at radius 3 is 2.20 bits per heavy atom. The summed E-state index contributed by atoms with van der Waals surface area (Å²) in [5, 5.41) is 11.7. The standard InChI is InChI=1S/C11H15NO2.ClH/c1-7-5-4-6-8(2)10(7)12-9(3)11(13)14;/h4-6,9,12H,1-3H3,(H,13,14);1H. The van der Waals surface area contributed by atoms with E-state index in [4.69, 9.17) is 5.11 Å². The van der Waals surface area contributed by atoms with E-state index in [2.05, 4.69) is 5.32 Å². The Hall–Kier alpha value is -1.22. The largest absolute Gasteiger partial charge is 0.480 e. The number of halogens is 1. The van der Waals surface area contributed by atoms with Gasteiger partial charge < -0.3 is 10.4 Å². The Morgan fingerprint density at radius 2 is 1.80 bits per heavy atom. The third kappa shape index (κ3) is 3.44. The van der Waals surface area contributed by atoms with E-state index in [0.717, 1.165) is 16.8 Å². The summed E-state index contributed by atoms with van der Waals surface area (Å²) in [6, 6.07) is 5.32. The maximum atomic E-state index is 10.7. The average molecular weight is 230 g/mol. The number of para-hydroxylation sites is 1. The van der Waals surface area contributed by atoms with E-state index in [1.165, 1.54) is 0 Å². The molecule has 0 heterocycles. The van der Waals surface area contributed by atoms with Gasteiger partial charge in [-0.15, -0.1) is 12.4 Å². The van der Waals surface area contributed by atoms with Crippen LogP contribution in [0.2, 0.25) is 0 Å². The zero-order valence-electron chi connectivity index (χ0n) is 9.07. The van der Waals surface area contributed by atoms with Gasteiger partial charge >= 0.3 is 5.97 Å². The van der Waals surface area contributed by atoms with Gasteiger partial charge in [-0.1, -0.05) is 18.2 Å². The fourth-order valence-corrected chi connectivity index (χ4v) is 1.32. The van der Waals surface area contributed by atoms with Gasteiger partial charge in [-0.2, -0.15) is 0 Å². The molecular formula is C11H16ClNO2. The van der Waals surface area contributed by atoms with Gasteiger partial charge in [0, 0.05) is 5.69 Å². The summed E-state index contributed by atoms with van der Waals surface area (Å²) < 4.78 is 0. The van der Waals surface area contributed by atoms with Crippen molar-refractivity contribution in [1.82, 2.24) is 0 Å². The quantitative estimate of drug-likeness (QED) is 0.838. The molecule has 3 nitrogen and oxygen atoms in total. The molecule has 2 N–H and O–H groups in total. The number of carboxylic acid groups (broad SMARTS) is 1. The van der Waals surface area contributed by atoms with Crippen LogP contribution in [0.4, 0.5) is 5.69 Å². The van der Waals surface area contributed by atoms with Crippen molar-refractivity contribution in [3.63, 3.8) is 0 Å². The first-order valence-corrected chi connectivity index (χ1v) is 4.58. The van der Waals surface area contributed by atoms with Crippen molar-refractivity contribution < 1.29 is 9.90 Å². The molecule has 0 bridgehead atoms. The lowest BCUT2D eigenvalue weighted by Gasteiger charge is -2.15. The molecule has 0 amide bonds. The van der Waals surface area contributed by atoms with Crippen LogP contribution in [0.3, 0.4) is 0 Å². The molecule has 1 atom stereocenters. The lowest BCUT2D eigenvalue weighted by atomic mass is 10.1. The Kier molecular flexibility index (Phi) is 5.15. The zero-order chi connectivity index (χ0) is 10.7. The van der Waals surface area contributed by atoms with Gasteiger partial charge in [0.2, 0.25) is 0 Å². The molecule has 1 aromatic carbocycles. The Labute approximate surface area is 95.9 Å². The van der Waals surface area contributed by atoms with Crippen LogP contribution in [0, 0.1) is 13.8 Å². The summed E-state index contributed by atoms with van der Waals surface area (Å²) in [6.07, 6.45) is 0. The molecule has 15 heavy (non-hydrogen) atoms. The van der Waals surface area contributed by atoms with Crippen LogP contribution in [0.15, 0.2) is 18.2 Å². The molecule has 0 radical (unpaired) electrons. The fraction of sp³-hybridized carbons (Fsp3) is 0.364. The SMILES string of the molecule is Cc1cccc(C)c1NC(C)C(=O)O.Cl. The molecule has 1 unspecified atom stereocenters. The van der Waals surface area contributed by atoms with Crippen molar-refractivity contribution >= 4 is 24.1 Å². The van der Waals surface area contributed by atoms with Gasteiger partial charge in [0.1, 0.15) is 6.04 Å². The van der Waals surface area contributed by atoms with E-state index in [9.17, 15) is 4.79 Å². The highest BCUT2D eigenvalue weighted by Gasteiger charge is 2.12. The van der Waals surface area contributed by atoms with Crippen LogP contribution < -0.4 is 5.32 Å². The van der Waals surface area contributed by atoms with E-state index in [0.29, 0.717) is 0 Å². The van der Waals surface area contributed by atoms with Crippen molar-refractivity contribution in [2.75, 3.05) is 5.32 Å². The second kappa shape index (κ2) is 5.61. The highest BCUT2D eigenvalue weighted by Crippen LogP contribution is 2.20. The molecule has 84 valence electrons. The van der Waals surface area contributed by atoms with Crippen molar-refractivity contribution in [2.24, 2.45) is 0 Å². The van der Waals surface area contributed by atoms with E-state index in [-0.39, 0.29) is 12.4 Å². The molecule has 0 saturated carbocycles. The molecule has 0 spiro atoms. The van der Waals surface area contributed by atoms with Crippen molar-refractivity contribution in [3.05, 3.63) is 29.3 Å². The lowest BCUT2D eigenvalue weighted by Crippen LogP contribution is -2.26. The minimum absolute atomic E-state index is 0. The first-order valence-electron chi connectivity index (χ1n) is 4.58. The summed E-state index contributed by atoms with van der Waals surface area (Å²) >= 11 is 0. The number of hydrogen-bond acceptors (Lipinski definition) is 2. The van der Waals surface area contributed by atoms with Gasteiger partial charge in [-0.3, -0.25) is 4.79 Å². The van der Waals surface area contributed by atoms with Crippen LogP contribution >= 0.6 is 12.4 Å². The van der Waals surface area contributed by atoms with E-state index in [1.807, 2.05) is 32.0 Å². The number of carboxylic acids is 1. The summed E-state index contributed by atoms with van der Waals surface area (Å²) in [4.78, 5) is 10.7. The minimum atomic E-state index is -0.840. The predicted octanol–water partition coefficient (Wildman–Crippen LogP) is 2.61. The smallest absolute Gasteiger partial charge is 0.325 e. The van der Waals surface area contributed by atoms with Crippen LogP contribution in [-0.2, 0) is 4.79 Å². The number of anilines is 1. The zero-order valence-corrected chi connectivity index (χ0v) is 9.89. The normalized spacial score (nSPS) is 11.4. The van der Waals surface area contributed by atoms with E-state index < -0.39 is 12.0 Å². The Morgan fingerprint density at radius 1 is 1.33 bits per heavy atom. The molecule has 1 aromatic rings. The monoisotopic (exact) mass is 229 g/mol. The number of nitrogens with one attached hydrogen (secondary N) is 1. The van der Waals surface area contributed by atoms with Crippen LogP contribution in [0.1, 0.15) is 18.1 Å². The van der Waals surface area contributed by atoms with Crippen LogP contribution in [-0.4, -0.2) is 17.1 Å². The Balaban J connectivity index is 0.00000196. The van der Waals surface area contributed by atoms with Crippen LogP contribution in [0.5, 0.6) is 0 Å². The second-order valence-corrected chi connectivity index (χ2v) is 3.47. The predicted molar refractivity (Wildman–Crippen MR) is 63.9 cm³/mol. The average Bonchev–Trinajstić information content (AvgIpc) is 2.11. The van der Waals surface area contributed by atoms with Crippen LogP contribution in [0.25, 0.3) is 0 Å².